The van der Waals surface area contributed by atoms with E-state index in [1.165, 1.54) is 6.08 Å². The Morgan fingerprint density at radius 1 is 1.22 bits per heavy atom. The molecule has 1 saturated carbocycles. The first-order valence-corrected chi connectivity index (χ1v) is 6.10. The Morgan fingerprint density at radius 3 is 2.44 bits per heavy atom. The number of carbonyl (C=O) groups excluding carboxylic acids is 2. The van der Waals surface area contributed by atoms with Crippen LogP contribution in [0.3, 0.4) is 0 Å². The van der Waals surface area contributed by atoms with Crippen molar-refractivity contribution in [3.05, 3.63) is 35.5 Å². The van der Waals surface area contributed by atoms with Gasteiger partial charge in [-0.2, -0.15) is 0 Å². The minimum atomic E-state index is -1.28. The molecule has 0 amide bonds. The fourth-order valence-electron chi connectivity index (χ4n) is 3.62. The van der Waals surface area contributed by atoms with Crippen LogP contribution in [0.1, 0.15) is 27.2 Å². The SMILES string of the molecule is C=C1C(=O)C=C2C=C3C(=O)C(C)(C)C[C@]3(O)[C@@]12C. The smallest absolute Gasteiger partial charge is 0.182 e. The molecule has 1 N–H and O–H groups in total. The Morgan fingerprint density at radius 2 is 1.83 bits per heavy atom. The molecule has 0 saturated heterocycles. The lowest BCUT2D eigenvalue weighted by Gasteiger charge is -2.38. The lowest BCUT2D eigenvalue weighted by Crippen LogP contribution is -2.44. The zero-order valence-corrected chi connectivity index (χ0v) is 10.8. The molecule has 0 bridgehead atoms. The molecular formula is C15H16O3. The van der Waals surface area contributed by atoms with Crippen LogP contribution in [0.25, 0.3) is 0 Å². The van der Waals surface area contributed by atoms with Gasteiger partial charge in [0.2, 0.25) is 0 Å². The van der Waals surface area contributed by atoms with Crippen LogP contribution in [0.15, 0.2) is 35.5 Å². The summed E-state index contributed by atoms with van der Waals surface area (Å²) in [4.78, 5) is 24.1. The Balaban J connectivity index is 2.27. The highest BCUT2D eigenvalue weighted by Gasteiger charge is 2.67. The number of carbonyl (C=O) groups is 2. The third kappa shape index (κ3) is 0.927. The van der Waals surface area contributed by atoms with Gasteiger partial charge in [-0.15, -0.1) is 0 Å². The summed E-state index contributed by atoms with van der Waals surface area (Å²) in [5.74, 6) is -0.171. The molecule has 3 nitrogen and oxygen atoms in total. The normalized spacial score (nSPS) is 40.8. The second kappa shape index (κ2) is 2.75. The van der Waals surface area contributed by atoms with Crippen LogP contribution < -0.4 is 0 Å². The van der Waals surface area contributed by atoms with Gasteiger partial charge in [-0.05, 0) is 31.1 Å². The van der Waals surface area contributed by atoms with Crippen molar-refractivity contribution in [2.75, 3.05) is 0 Å². The molecule has 3 aliphatic rings. The van der Waals surface area contributed by atoms with Gasteiger partial charge in [-0.25, -0.2) is 0 Å². The summed E-state index contributed by atoms with van der Waals surface area (Å²) < 4.78 is 0. The first-order chi connectivity index (χ1) is 8.14. The highest BCUT2D eigenvalue weighted by Crippen LogP contribution is 2.64. The van der Waals surface area contributed by atoms with E-state index in [0.29, 0.717) is 17.6 Å². The standard InChI is InChI=1S/C15H16O3/c1-8-11(16)6-9-5-10-12(17)13(2,3)7-15(10,18)14(8,9)4/h5-6,18H,1,7H2,2-4H3/t14-,15+/m0/s1. The van der Waals surface area contributed by atoms with Crippen LogP contribution in [-0.2, 0) is 9.59 Å². The summed E-state index contributed by atoms with van der Waals surface area (Å²) in [6.45, 7) is 9.30. The zero-order chi connectivity index (χ0) is 13.5. The molecule has 0 unspecified atom stereocenters. The number of allylic oxidation sites excluding steroid dienone is 2. The molecule has 18 heavy (non-hydrogen) atoms. The Bertz CT molecular complexity index is 591. The van der Waals surface area contributed by atoms with E-state index in [0.717, 1.165) is 5.57 Å². The summed E-state index contributed by atoms with van der Waals surface area (Å²) >= 11 is 0. The summed E-state index contributed by atoms with van der Waals surface area (Å²) in [5, 5.41) is 11.0. The molecule has 0 spiro atoms. The van der Waals surface area contributed by atoms with E-state index in [1.807, 2.05) is 20.8 Å². The molecule has 0 aromatic carbocycles. The number of ketones is 2. The van der Waals surface area contributed by atoms with Gasteiger partial charge in [0.25, 0.3) is 0 Å². The van der Waals surface area contributed by atoms with Gasteiger partial charge in [0.15, 0.2) is 11.6 Å². The second-order valence-electron chi connectivity index (χ2n) is 6.38. The topological polar surface area (TPSA) is 54.4 Å². The number of hydrogen-bond donors (Lipinski definition) is 1. The number of fused-ring (bicyclic) bond motifs is 3. The highest BCUT2D eigenvalue weighted by atomic mass is 16.3. The fraction of sp³-hybridized carbons (Fsp3) is 0.467. The van der Waals surface area contributed by atoms with Crippen LogP contribution in [-0.4, -0.2) is 22.3 Å². The van der Waals surface area contributed by atoms with Crippen molar-refractivity contribution in [3.8, 4) is 0 Å². The van der Waals surface area contributed by atoms with E-state index < -0.39 is 16.4 Å². The van der Waals surface area contributed by atoms with Gasteiger partial charge in [-0.1, -0.05) is 20.4 Å². The third-order valence-corrected chi connectivity index (χ3v) is 4.89. The van der Waals surface area contributed by atoms with Crippen molar-refractivity contribution in [3.63, 3.8) is 0 Å². The summed E-state index contributed by atoms with van der Waals surface area (Å²) in [6, 6.07) is 0. The fourth-order valence-corrected chi connectivity index (χ4v) is 3.62. The van der Waals surface area contributed by atoms with Crippen molar-refractivity contribution in [1.29, 1.82) is 0 Å². The molecule has 94 valence electrons. The average Bonchev–Trinajstić information content (AvgIpc) is 2.68. The molecule has 0 aromatic heterocycles. The minimum Gasteiger partial charge on any atom is -0.384 e. The molecule has 2 atom stereocenters. The van der Waals surface area contributed by atoms with Crippen molar-refractivity contribution in [1.82, 2.24) is 0 Å². The Kier molecular flexibility index (Phi) is 1.77. The Labute approximate surface area is 106 Å². The quantitative estimate of drug-likeness (QED) is 0.660. The van der Waals surface area contributed by atoms with Crippen LogP contribution in [0.5, 0.6) is 0 Å². The molecular weight excluding hydrogens is 228 g/mol. The lowest BCUT2D eigenvalue weighted by molar-refractivity contribution is -0.121. The molecule has 3 rings (SSSR count). The lowest BCUT2D eigenvalue weighted by atomic mass is 9.67. The maximum absolute atomic E-state index is 12.3. The number of hydrogen-bond acceptors (Lipinski definition) is 3. The molecule has 1 fully saturated rings. The van der Waals surface area contributed by atoms with Gasteiger partial charge in [0.05, 0.1) is 5.41 Å². The number of aliphatic hydroxyl groups is 1. The molecule has 3 heteroatoms. The van der Waals surface area contributed by atoms with Gasteiger partial charge in [-0.3, -0.25) is 9.59 Å². The highest BCUT2D eigenvalue weighted by molar-refractivity contribution is 6.14. The minimum absolute atomic E-state index is 0.0261. The van der Waals surface area contributed by atoms with Crippen molar-refractivity contribution in [2.45, 2.75) is 32.8 Å². The average molecular weight is 244 g/mol. The van der Waals surface area contributed by atoms with Crippen LogP contribution in [0.4, 0.5) is 0 Å². The van der Waals surface area contributed by atoms with E-state index in [1.54, 1.807) is 6.08 Å². The maximum atomic E-state index is 12.3. The molecule has 3 aliphatic carbocycles. The number of Topliss-reactive ketones (excluding diaryl/α,β-unsaturated/α-hetero) is 1. The van der Waals surface area contributed by atoms with Crippen molar-refractivity contribution in [2.24, 2.45) is 10.8 Å². The van der Waals surface area contributed by atoms with Crippen LogP contribution in [0, 0.1) is 10.8 Å². The summed E-state index contributed by atoms with van der Waals surface area (Å²) in [7, 11) is 0. The maximum Gasteiger partial charge on any atom is 0.182 e. The van der Waals surface area contributed by atoms with E-state index >= 15 is 0 Å². The van der Waals surface area contributed by atoms with Gasteiger partial charge in [0, 0.05) is 16.6 Å². The van der Waals surface area contributed by atoms with E-state index in [2.05, 4.69) is 6.58 Å². The van der Waals surface area contributed by atoms with Crippen LogP contribution in [0.2, 0.25) is 0 Å². The van der Waals surface area contributed by atoms with Crippen molar-refractivity contribution >= 4 is 11.6 Å². The van der Waals surface area contributed by atoms with Gasteiger partial charge in [0.1, 0.15) is 5.60 Å². The predicted molar refractivity (Wildman–Crippen MR) is 66.8 cm³/mol. The third-order valence-electron chi connectivity index (χ3n) is 4.89. The molecule has 0 aliphatic heterocycles. The largest absolute Gasteiger partial charge is 0.384 e. The monoisotopic (exact) mass is 244 g/mol. The zero-order valence-electron chi connectivity index (χ0n) is 10.8. The van der Waals surface area contributed by atoms with E-state index in [4.69, 9.17) is 0 Å². The van der Waals surface area contributed by atoms with Crippen molar-refractivity contribution < 1.29 is 14.7 Å². The predicted octanol–water partition coefficient (Wildman–Crippen LogP) is 1.73. The van der Waals surface area contributed by atoms with E-state index in [-0.39, 0.29) is 11.6 Å². The van der Waals surface area contributed by atoms with Gasteiger partial charge >= 0.3 is 0 Å². The molecule has 0 heterocycles. The van der Waals surface area contributed by atoms with Crippen LogP contribution >= 0.6 is 0 Å². The number of rotatable bonds is 0. The molecule has 0 radical (unpaired) electrons. The second-order valence-corrected chi connectivity index (χ2v) is 6.38. The first kappa shape index (κ1) is 11.6. The summed E-state index contributed by atoms with van der Waals surface area (Å²) in [6.07, 6.45) is 3.52. The van der Waals surface area contributed by atoms with Gasteiger partial charge < -0.3 is 5.11 Å². The molecule has 0 aromatic rings. The Hall–Kier alpha value is -1.48. The first-order valence-electron chi connectivity index (χ1n) is 6.10. The summed E-state index contributed by atoms with van der Waals surface area (Å²) in [5.41, 5.74) is -1.14. The van der Waals surface area contributed by atoms with E-state index in [9.17, 15) is 14.7 Å².